The van der Waals surface area contributed by atoms with Crippen LogP contribution in [0.25, 0.3) is 11.0 Å². The number of hydrogen-bond donors (Lipinski definition) is 1. The van der Waals surface area contributed by atoms with E-state index in [0.717, 1.165) is 11.0 Å². The quantitative estimate of drug-likeness (QED) is 0.876. The number of aromatic nitrogens is 3. The minimum Gasteiger partial charge on any atom is -0.383 e. The largest absolute Gasteiger partial charge is 0.383 e. The van der Waals surface area contributed by atoms with Crippen molar-refractivity contribution in [3.05, 3.63) is 18.5 Å². The smallest absolute Gasteiger partial charge is 0.201 e. The molecule has 2 rings (SSSR count). The molecule has 0 aliphatic heterocycles. The normalized spacial score (nSPS) is 13.4. The molecular weight excluding hydrogens is 216 g/mol. The van der Waals surface area contributed by atoms with Gasteiger partial charge in [0.2, 0.25) is 5.95 Å². The Morgan fingerprint density at radius 3 is 2.88 bits per heavy atom. The molecule has 1 atom stereocenters. The molecule has 0 saturated heterocycles. The maximum atomic E-state index is 5.99. The topological polar surface area (TPSA) is 66.0 Å². The Bertz CT molecular complexity index is 506. The van der Waals surface area contributed by atoms with Crippen LogP contribution in [-0.4, -0.2) is 28.3 Å². The number of nitrogens with two attached hydrogens (primary N) is 1. The maximum Gasteiger partial charge on any atom is 0.201 e. The molecule has 1 unspecified atom stereocenters. The summed E-state index contributed by atoms with van der Waals surface area (Å²) in [6.07, 6.45) is 3.48. The van der Waals surface area contributed by atoms with E-state index in [4.69, 9.17) is 10.5 Å². The van der Waals surface area contributed by atoms with Crippen LogP contribution in [0.5, 0.6) is 0 Å². The van der Waals surface area contributed by atoms with E-state index in [1.54, 1.807) is 19.5 Å². The fourth-order valence-corrected chi connectivity index (χ4v) is 2.05. The Kier molecular flexibility index (Phi) is 3.28. The SMILES string of the molecule is COCC(C(C)C)n1c(N)nc2cnccc21. The van der Waals surface area contributed by atoms with Gasteiger partial charge < -0.3 is 15.0 Å². The molecule has 2 aromatic rings. The second-order valence-electron chi connectivity index (χ2n) is 4.47. The zero-order valence-electron chi connectivity index (χ0n) is 10.4. The van der Waals surface area contributed by atoms with Gasteiger partial charge in [-0.2, -0.15) is 0 Å². The van der Waals surface area contributed by atoms with Gasteiger partial charge >= 0.3 is 0 Å². The molecule has 0 amide bonds. The van der Waals surface area contributed by atoms with Gasteiger partial charge in [-0.05, 0) is 12.0 Å². The first-order valence-electron chi connectivity index (χ1n) is 5.71. The second kappa shape index (κ2) is 4.71. The zero-order valence-corrected chi connectivity index (χ0v) is 10.4. The van der Waals surface area contributed by atoms with E-state index in [1.165, 1.54) is 0 Å². The summed E-state index contributed by atoms with van der Waals surface area (Å²) in [4.78, 5) is 8.38. The number of fused-ring (bicyclic) bond motifs is 1. The summed E-state index contributed by atoms with van der Waals surface area (Å²) in [5, 5.41) is 0. The highest BCUT2D eigenvalue weighted by molar-refractivity contribution is 5.77. The van der Waals surface area contributed by atoms with Gasteiger partial charge in [0.1, 0.15) is 5.52 Å². The first-order valence-corrected chi connectivity index (χ1v) is 5.71. The molecule has 0 radical (unpaired) electrons. The highest BCUT2D eigenvalue weighted by Crippen LogP contribution is 2.27. The molecule has 0 saturated carbocycles. The van der Waals surface area contributed by atoms with Gasteiger partial charge in [0, 0.05) is 13.3 Å². The van der Waals surface area contributed by atoms with E-state index in [1.807, 2.05) is 10.6 Å². The van der Waals surface area contributed by atoms with Crippen molar-refractivity contribution in [3.8, 4) is 0 Å². The summed E-state index contributed by atoms with van der Waals surface area (Å²) in [6.45, 7) is 4.92. The van der Waals surface area contributed by atoms with E-state index >= 15 is 0 Å². The first kappa shape index (κ1) is 11.9. The molecule has 92 valence electrons. The zero-order chi connectivity index (χ0) is 12.4. The Hall–Kier alpha value is -1.62. The summed E-state index contributed by atoms with van der Waals surface area (Å²) < 4.78 is 7.31. The van der Waals surface area contributed by atoms with E-state index < -0.39 is 0 Å². The van der Waals surface area contributed by atoms with Gasteiger partial charge in [-0.15, -0.1) is 0 Å². The number of anilines is 1. The molecule has 0 fully saturated rings. The van der Waals surface area contributed by atoms with Crippen LogP contribution in [0.4, 0.5) is 5.95 Å². The van der Waals surface area contributed by atoms with Crippen LogP contribution in [0.15, 0.2) is 18.5 Å². The van der Waals surface area contributed by atoms with Crippen LogP contribution in [-0.2, 0) is 4.74 Å². The van der Waals surface area contributed by atoms with Crippen LogP contribution in [0, 0.1) is 5.92 Å². The molecule has 0 spiro atoms. The predicted octanol–water partition coefficient (Wildman–Crippen LogP) is 1.86. The monoisotopic (exact) mass is 234 g/mol. The number of pyridine rings is 1. The maximum absolute atomic E-state index is 5.99. The number of nitrogens with zero attached hydrogens (tertiary/aromatic N) is 3. The lowest BCUT2D eigenvalue weighted by Crippen LogP contribution is -2.21. The van der Waals surface area contributed by atoms with Gasteiger partial charge in [-0.3, -0.25) is 4.98 Å². The van der Waals surface area contributed by atoms with Crippen LogP contribution in [0.2, 0.25) is 0 Å². The summed E-state index contributed by atoms with van der Waals surface area (Å²) >= 11 is 0. The lowest BCUT2D eigenvalue weighted by molar-refractivity contribution is 0.136. The number of imidazole rings is 1. The van der Waals surface area contributed by atoms with Crippen molar-refractivity contribution in [1.82, 2.24) is 14.5 Å². The van der Waals surface area contributed by atoms with Gasteiger partial charge in [0.15, 0.2) is 0 Å². The minimum absolute atomic E-state index is 0.187. The molecule has 5 nitrogen and oxygen atoms in total. The summed E-state index contributed by atoms with van der Waals surface area (Å²) in [5.41, 5.74) is 7.82. The van der Waals surface area contributed by atoms with Crippen molar-refractivity contribution in [1.29, 1.82) is 0 Å². The number of hydrogen-bond acceptors (Lipinski definition) is 4. The number of rotatable bonds is 4. The highest BCUT2D eigenvalue weighted by atomic mass is 16.5. The van der Waals surface area contributed by atoms with Crippen LogP contribution < -0.4 is 5.73 Å². The first-order chi connectivity index (χ1) is 8.15. The molecule has 2 heterocycles. The molecule has 0 aromatic carbocycles. The van der Waals surface area contributed by atoms with Crippen molar-refractivity contribution in [2.24, 2.45) is 5.92 Å². The third kappa shape index (κ3) is 2.10. The van der Waals surface area contributed by atoms with E-state index in [9.17, 15) is 0 Å². The number of methoxy groups -OCH3 is 1. The highest BCUT2D eigenvalue weighted by Gasteiger charge is 2.20. The summed E-state index contributed by atoms with van der Waals surface area (Å²) in [7, 11) is 1.70. The van der Waals surface area contributed by atoms with Crippen LogP contribution >= 0.6 is 0 Å². The third-order valence-corrected chi connectivity index (χ3v) is 2.96. The van der Waals surface area contributed by atoms with Crippen molar-refractivity contribution in [2.75, 3.05) is 19.5 Å². The predicted molar refractivity (Wildman–Crippen MR) is 67.7 cm³/mol. The van der Waals surface area contributed by atoms with Gasteiger partial charge in [-0.25, -0.2) is 4.98 Å². The minimum atomic E-state index is 0.187. The van der Waals surface area contributed by atoms with E-state index in [0.29, 0.717) is 18.5 Å². The average Bonchev–Trinajstić information content (AvgIpc) is 2.62. The Morgan fingerprint density at radius 2 is 2.24 bits per heavy atom. The van der Waals surface area contributed by atoms with Gasteiger partial charge in [0.05, 0.1) is 24.4 Å². The second-order valence-corrected chi connectivity index (χ2v) is 4.47. The van der Waals surface area contributed by atoms with Crippen LogP contribution in [0.3, 0.4) is 0 Å². The van der Waals surface area contributed by atoms with Crippen molar-refractivity contribution in [3.63, 3.8) is 0 Å². The van der Waals surface area contributed by atoms with Crippen molar-refractivity contribution >= 4 is 17.0 Å². The van der Waals surface area contributed by atoms with Crippen molar-refractivity contribution < 1.29 is 4.74 Å². The molecule has 0 aliphatic rings. The summed E-state index contributed by atoms with van der Waals surface area (Å²) in [6, 6.07) is 2.12. The molecular formula is C12H18N4O. The van der Waals surface area contributed by atoms with Crippen molar-refractivity contribution in [2.45, 2.75) is 19.9 Å². The lowest BCUT2D eigenvalue weighted by Gasteiger charge is -2.23. The van der Waals surface area contributed by atoms with Gasteiger partial charge in [-0.1, -0.05) is 13.8 Å². The molecule has 5 heteroatoms. The molecule has 17 heavy (non-hydrogen) atoms. The fourth-order valence-electron chi connectivity index (χ4n) is 2.05. The Morgan fingerprint density at radius 1 is 1.47 bits per heavy atom. The van der Waals surface area contributed by atoms with Gasteiger partial charge in [0.25, 0.3) is 0 Å². The Labute approximate surface area is 101 Å². The van der Waals surface area contributed by atoms with Crippen LogP contribution in [0.1, 0.15) is 19.9 Å². The lowest BCUT2D eigenvalue weighted by atomic mass is 10.1. The average molecular weight is 234 g/mol. The van der Waals surface area contributed by atoms with E-state index in [2.05, 4.69) is 23.8 Å². The standard InChI is InChI=1S/C12H18N4O/c1-8(2)11(7-17-3)16-10-4-5-14-6-9(10)15-12(16)13/h4-6,8,11H,7H2,1-3H3,(H2,13,15). The fraction of sp³-hybridized carbons (Fsp3) is 0.500. The number of nitrogen functional groups attached to an aromatic ring is 1. The molecule has 2 N–H and O–H groups in total. The Balaban J connectivity index is 2.55. The van der Waals surface area contributed by atoms with E-state index in [-0.39, 0.29) is 6.04 Å². The molecule has 0 bridgehead atoms. The molecule has 2 aromatic heterocycles. The summed E-state index contributed by atoms with van der Waals surface area (Å²) in [5.74, 6) is 0.937. The third-order valence-electron chi connectivity index (χ3n) is 2.96. The molecule has 0 aliphatic carbocycles. The number of ether oxygens (including phenoxy) is 1.